The smallest absolute Gasteiger partial charge is 0.232 e. The van der Waals surface area contributed by atoms with Crippen molar-refractivity contribution >= 4 is 23.2 Å². The number of rotatable bonds is 3. The van der Waals surface area contributed by atoms with Crippen molar-refractivity contribution in [3.8, 4) is 11.1 Å². The zero-order valence-corrected chi connectivity index (χ0v) is 14.9. The Morgan fingerprint density at radius 2 is 1.96 bits per heavy atom. The normalized spacial score (nSPS) is 15.7. The summed E-state index contributed by atoms with van der Waals surface area (Å²) in [5, 5.41) is 9.43. The predicted octanol–water partition coefficient (Wildman–Crippen LogP) is 3.43. The summed E-state index contributed by atoms with van der Waals surface area (Å²) in [4.78, 5) is 24.9. The molecule has 0 fully saturated rings. The van der Waals surface area contributed by atoms with Gasteiger partial charge in [0.2, 0.25) is 11.8 Å². The van der Waals surface area contributed by atoms with Crippen molar-refractivity contribution in [3.05, 3.63) is 66.0 Å². The first-order valence-corrected chi connectivity index (χ1v) is 8.59. The molecule has 0 spiro atoms. The lowest BCUT2D eigenvalue weighted by molar-refractivity contribution is -0.123. The fourth-order valence-corrected chi connectivity index (χ4v) is 3.32. The fourth-order valence-electron chi connectivity index (χ4n) is 3.32. The van der Waals surface area contributed by atoms with Crippen molar-refractivity contribution < 1.29 is 18.4 Å². The third-order valence-electron chi connectivity index (χ3n) is 4.63. The number of amides is 2. The molecule has 3 aromatic rings. The Kier molecular flexibility index (Phi) is 4.38. The summed E-state index contributed by atoms with van der Waals surface area (Å²) in [6, 6.07) is 7.93. The summed E-state index contributed by atoms with van der Waals surface area (Å²) in [6.45, 7) is 0. The Labute approximate surface area is 159 Å². The lowest BCUT2D eigenvalue weighted by atomic mass is 9.89. The maximum Gasteiger partial charge on any atom is 0.232 e. The highest BCUT2D eigenvalue weighted by atomic mass is 19.1. The standard InChI is InChI=1S/C20H16F2N4O2/c1-26-10-11(9-23-26)15-6-12(21)3-5-17(15)25-20(28)16-8-19(27)24-18-7-13(22)2-4-14(16)18/h2-7,9-10,16H,8H2,1H3,(H,24,27)(H,25,28). The topological polar surface area (TPSA) is 76.0 Å². The lowest BCUT2D eigenvalue weighted by Gasteiger charge is -2.25. The molecule has 6 nitrogen and oxygen atoms in total. The van der Waals surface area contributed by atoms with Crippen molar-refractivity contribution in [1.82, 2.24) is 9.78 Å². The van der Waals surface area contributed by atoms with E-state index in [9.17, 15) is 18.4 Å². The van der Waals surface area contributed by atoms with Gasteiger partial charge in [-0.05, 0) is 35.9 Å². The Balaban J connectivity index is 1.68. The lowest BCUT2D eigenvalue weighted by Crippen LogP contribution is -2.31. The molecule has 2 aromatic carbocycles. The number of hydrogen-bond acceptors (Lipinski definition) is 3. The van der Waals surface area contributed by atoms with Gasteiger partial charge in [-0.1, -0.05) is 6.07 Å². The van der Waals surface area contributed by atoms with Crippen LogP contribution in [0, 0.1) is 11.6 Å². The minimum Gasteiger partial charge on any atom is -0.326 e. The number of aromatic nitrogens is 2. The number of halogens is 2. The second kappa shape index (κ2) is 6.88. The number of carbonyl (C=O) groups is 2. The quantitative estimate of drug-likeness (QED) is 0.729. The molecule has 1 aliphatic rings. The Bertz CT molecular complexity index is 1090. The molecule has 4 rings (SSSR count). The number of aryl methyl sites for hydroxylation is 1. The highest BCUT2D eigenvalue weighted by Gasteiger charge is 2.31. The van der Waals surface area contributed by atoms with Crippen molar-refractivity contribution in [1.29, 1.82) is 0 Å². The Morgan fingerprint density at radius 1 is 1.21 bits per heavy atom. The molecule has 0 radical (unpaired) electrons. The predicted molar refractivity (Wildman–Crippen MR) is 99.6 cm³/mol. The van der Waals surface area contributed by atoms with E-state index in [1.807, 2.05) is 0 Å². The average molecular weight is 382 g/mol. The number of nitrogens with one attached hydrogen (secondary N) is 2. The van der Waals surface area contributed by atoms with Crippen molar-refractivity contribution in [2.75, 3.05) is 10.6 Å². The third kappa shape index (κ3) is 3.36. The fraction of sp³-hybridized carbons (Fsp3) is 0.150. The minimum absolute atomic E-state index is 0.0616. The zero-order valence-electron chi connectivity index (χ0n) is 14.9. The molecule has 2 amide bonds. The molecule has 1 aliphatic heterocycles. The van der Waals surface area contributed by atoms with E-state index in [0.717, 1.165) is 0 Å². The number of benzene rings is 2. The summed E-state index contributed by atoms with van der Waals surface area (Å²) >= 11 is 0. The summed E-state index contributed by atoms with van der Waals surface area (Å²) in [5.41, 5.74) is 2.32. The number of anilines is 2. The van der Waals surface area contributed by atoms with Crippen LogP contribution in [-0.4, -0.2) is 21.6 Å². The molecule has 8 heteroatoms. The third-order valence-corrected chi connectivity index (χ3v) is 4.63. The van der Waals surface area contributed by atoms with E-state index in [1.165, 1.54) is 36.4 Å². The number of carbonyl (C=O) groups excluding carboxylic acids is 2. The van der Waals surface area contributed by atoms with Gasteiger partial charge in [0.05, 0.1) is 12.1 Å². The van der Waals surface area contributed by atoms with Crippen LogP contribution in [0.4, 0.5) is 20.2 Å². The number of fused-ring (bicyclic) bond motifs is 1. The second-order valence-corrected chi connectivity index (χ2v) is 6.62. The number of hydrogen-bond donors (Lipinski definition) is 2. The highest BCUT2D eigenvalue weighted by Crippen LogP contribution is 2.35. The van der Waals surface area contributed by atoms with Gasteiger partial charge in [-0.15, -0.1) is 0 Å². The van der Waals surface area contributed by atoms with Crippen LogP contribution >= 0.6 is 0 Å². The summed E-state index contributed by atoms with van der Waals surface area (Å²) in [5.74, 6) is -2.53. The molecule has 0 aliphatic carbocycles. The first-order chi connectivity index (χ1) is 13.4. The van der Waals surface area contributed by atoms with Crippen LogP contribution in [0.5, 0.6) is 0 Å². The van der Waals surface area contributed by atoms with Crippen LogP contribution in [-0.2, 0) is 16.6 Å². The molecule has 2 heterocycles. The van der Waals surface area contributed by atoms with Gasteiger partial charge in [0.1, 0.15) is 11.6 Å². The van der Waals surface area contributed by atoms with Crippen LogP contribution in [0.25, 0.3) is 11.1 Å². The van der Waals surface area contributed by atoms with Crippen LogP contribution in [0.1, 0.15) is 17.9 Å². The summed E-state index contributed by atoms with van der Waals surface area (Å²) < 4.78 is 28.8. The summed E-state index contributed by atoms with van der Waals surface area (Å²) in [7, 11) is 1.73. The van der Waals surface area contributed by atoms with Crippen molar-refractivity contribution in [2.24, 2.45) is 7.05 Å². The monoisotopic (exact) mass is 382 g/mol. The van der Waals surface area contributed by atoms with Crippen LogP contribution in [0.15, 0.2) is 48.8 Å². The van der Waals surface area contributed by atoms with Crippen LogP contribution in [0.2, 0.25) is 0 Å². The minimum atomic E-state index is -0.781. The van der Waals surface area contributed by atoms with Gasteiger partial charge in [0.15, 0.2) is 0 Å². The second-order valence-electron chi connectivity index (χ2n) is 6.62. The van der Waals surface area contributed by atoms with E-state index in [1.54, 1.807) is 24.1 Å². The SMILES string of the molecule is Cn1cc(-c2cc(F)ccc2NC(=O)C2CC(=O)Nc3cc(F)ccc32)cn1. The van der Waals surface area contributed by atoms with Gasteiger partial charge in [0.25, 0.3) is 0 Å². The van der Waals surface area contributed by atoms with E-state index in [-0.39, 0.29) is 18.0 Å². The highest BCUT2D eigenvalue weighted by molar-refractivity contribution is 6.06. The van der Waals surface area contributed by atoms with Gasteiger partial charge in [-0.25, -0.2) is 8.78 Å². The molecule has 142 valence electrons. The van der Waals surface area contributed by atoms with Gasteiger partial charge < -0.3 is 10.6 Å². The Hall–Kier alpha value is -3.55. The Morgan fingerprint density at radius 3 is 2.71 bits per heavy atom. The zero-order chi connectivity index (χ0) is 19.8. The maximum atomic E-state index is 13.8. The molecule has 0 saturated heterocycles. The van der Waals surface area contributed by atoms with Crippen molar-refractivity contribution in [3.63, 3.8) is 0 Å². The van der Waals surface area contributed by atoms with Gasteiger partial charge in [0, 0.05) is 42.2 Å². The van der Waals surface area contributed by atoms with E-state index in [2.05, 4.69) is 15.7 Å². The van der Waals surface area contributed by atoms with Gasteiger partial charge in [-0.3, -0.25) is 14.3 Å². The van der Waals surface area contributed by atoms with Crippen LogP contribution < -0.4 is 10.6 Å². The molecular weight excluding hydrogens is 366 g/mol. The first-order valence-electron chi connectivity index (χ1n) is 8.59. The number of nitrogens with zero attached hydrogens (tertiary/aromatic N) is 2. The molecule has 1 aromatic heterocycles. The van der Waals surface area contributed by atoms with E-state index in [0.29, 0.717) is 22.4 Å². The largest absolute Gasteiger partial charge is 0.326 e. The molecule has 28 heavy (non-hydrogen) atoms. The summed E-state index contributed by atoms with van der Waals surface area (Å²) in [6.07, 6.45) is 3.21. The van der Waals surface area contributed by atoms with Gasteiger partial charge >= 0.3 is 0 Å². The molecule has 2 N–H and O–H groups in total. The molecule has 1 atom stereocenters. The van der Waals surface area contributed by atoms with Gasteiger partial charge in [-0.2, -0.15) is 5.10 Å². The molecule has 1 unspecified atom stereocenters. The first kappa shape index (κ1) is 17.8. The van der Waals surface area contributed by atoms with E-state index >= 15 is 0 Å². The van der Waals surface area contributed by atoms with Crippen molar-refractivity contribution in [2.45, 2.75) is 12.3 Å². The molecule has 0 saturated carbocycles. The maximum absolute atomic E-state index is 13.8. The average Bonchev–Trinajstić information content (AvgIpc) is 3.08. The van der Waals surface area contributed by atoms with Crippen LogP contribution in [0.3, 0.4) is 0 Å². The molecule has 0 bridgehead atoms. The van der Waals surface area contributed by atoms with E-state index in [4.69, 9.17) is 0 Å². The van der Waals surface area contributed by atoms with E-state index < -0.39 is 23.5 Å². The molecular formula is C20H16F2N4O2.